The quantitative estimate of drug-likeness (QED) is 0.0193. The van der Waals surface area contributed by atoms with Crippen LogP contribution in [0.15, 0.2) is 511 Å². The van der Waals surface area contributed by atoms with Crippen LogP contribution < -0.4 is 5.73 Å². The number of aldehydes is 1. The van der Waals surface area contributed by atoms with E-state index in [1.165, 1.54) is 101 Å². The van der Waals surface area contributed by atoms with Crippen LogP contribution in [0.2, 0.25) is 0 Å². The Balaban J connectivity index is 0.000000148. The van der Waals surface area contributed by atoms with E-state index in [9.17, 15) is 14.4 Å². The highest BCUT2D eigenvalue weighted by atomic mass is 79.9. The fourth-order valence-electron chi connectivity index (χ4n) is 15.8. The van der Waals surface area contributed by atoms with Crippen molar-refractivity contribution >= 4 is 142 Å². The summed E-state index contributed by atoms with van der Waals surface area (Å²) in [6, 6.07) is 157. The summed E-state index contributed by atoms with van der Waals surface area (Å²) in [5.74, 6) is 1.41. The van der Waals surface area contributed by atoms with Crippen LogP contribution in [-0.4, -0.2) is 81.5 Å². The number of fused-ring (bicyclic) bond motifs is 6. The van der Waals surface area contributed by atoms with Crippen molar-refractivity contribution in [2.24, 2.45) is 5.73 Å². The van der Waals surface area contributed by atoms with Crippen LogP contribution in [0.3, 0.4) is 0 Å². The van der Waals surface area contributed by atoms with Crippen LogP contribution in [0.4, 0.5) is 0 Å². The Hall–Kier alpha value is -17.3. The second-order valence-corrected chi connectivity index (χ2v) is 35.5. The molecule has 23 aromatic rings. The molecule has 15 aromatic carbocycles. The summed E-state index contributed by atoms with van der Waals surface area (Å²) >= 11 is 10.1. The first-order chi connectivity index (χ1) is 70.1. The number of ketones is 2. The van der Waals surface area contributed by atoms with Crippen molar-refractivity contribution in [1.29, 1.82) is 5.41 Å². The average molecular weight is 2110 g/mol. The maximum Gasteiger partial charge on any atom is 0.204 e. The Kier molecular flexibility index (Phi) is 37.2. The van der Waals surface area contributed by atoms with Gasteiger partial charge in [0.2, 0.25) is 5.78 Å². The number of amidine groups is 1. The van der Waals surface area contributed by atoms with Gasteiger partial charge in [-0.2, -0.15) is 0 Å². The highest BCUT2D eigenvalue weighted by Gasteiger charge is 2.19. The molecule has 0 fully saturated rings. The number of H-pyrrole nitrogens is 1. The van der Waals surface area contributed by atoms with E-state index in [0.717, 1.165) is 92.9 Å². The number of allylic oxidation sites excluding steroid dienone is 1. The van der Waals surface area contributed by atoms with Gasteiger partial charge < -0.3 is 15.3 Å². The minimum Gasteiger partial charge on any atom is -0.384 e. The molecule has 20 heteroatoms. The van der Waals surface area contributed by atoms with E-state index in [1.807, 2.05) is 200 Å². The number of pyridine rings is 4. The van der Waals surface area contributed by atoms with Crippen molar-refractivity contribution in [3.63, 3.8) is 0 Å². The molecule has 3 radical (unpaired) electrons. The maximum absolute atomic E-state index is 11.7. The number of carbonyl (C=O) groups excluding carboxylic acids is 3. The summed E-state index contributed by atoms with van der Waals surface area (Å²) in [5, 5.41) is 12.0. The average Bonchev–Trinajstić information content (AvgIpc) is 1.60. The molecule has 0 atom stereocenters. The molecule has 8 aromatic heterocycles. The van der Waals surface area contributed by atoms with Crippen LogP contribution in [0.5, 0.6) is 0 Å². The highest BCUT2D eigenvalue weighted by Crippen LogP contribution is 2.40. The van der Waals surface area contributed by atoms with Crippen molar-refractivity contribution in [3.05, 3.63) is 539 Å². The van der Waals surface area contributed by atoms with Crippen molar-refractivity contribution < 1.29 is 14.4 Å². The Morgan fingerprint density at radius 3 is 0.973 bits per heavy atom. The van der Waals surface area contributed by atoms with Crippen molar-refractivity contribution in [3.8, 4) is 118 Å². The molecular weight excluding hydrogens is 2020 g/mol. The SMILES string of the molecule is Brc1ccc(-c2cc(-c3ccccn3)nc(-c3ccccc3)n2)cc1.C.CC(=O)c1ccccn1.Cl.N=C(N)c1ccccc1.O=C(/C=C/c1ccc(Br)cc1)c1ccccn1.O=Cc1ccc(Br)cc1.[B].c1ccc(-c2ccc3[nH]c4ccc(-c5ccccc5)cc4c3c2)cc1.c1ccc(-c2ccc3c(c2)c2cc(-c4ccccc4)ccc2n3-c2ccc(-c3cc(-c4ccccn4)nc(-c4ccccc4)n3)cc2)cc1. The van der Waals surface area contributed by atoms with Gasteiger partial charge in [0.1, 0.15) is 23.5 Å². The van der Waals surface area contributed by atoms with Gasteiger partial charge in [0.05, 0.1) is 45.2 Å². The van der Waals surface area contributed by atoms with E-state index in [0.29, 0.717) is 28.6 Å². The molecule has 0 bridgehead atoms. The van der Waals surface area contributed by atoms with Gasteiger partial charge in [0.15, 0.2) is 17.4 Å². The molecule has 0 spiro atoms. The summed E-state index contributed by atoms with van der Waals surface area (Å²) in [4.78, 5) is 72.2. The number of halogens is 4. The summed E-state index contributed by atoms with van der Waals surface area (Å²) in [7, 11) is 0. The number of aromatic amines is 1. The Morgan fingerprint density at radius 2 is 0.630 bits per heavy atom. The van der Waals surface area contributed by atoms with Crippen molar-refractivity contribution in [2.75, 3.05) is 0 Å². The first-order valence-corrected chi connectivity index (χ1v) is 48.4. The third kappa shape index (κ3) is 27.5. The number of hydrogen-bond donors (Lipinski definition) is 3. The van der Waals surface area contributed by atoms with E-state index in [1.54, 1.807) is 79.4 Å². The lowest BCUT2D eigenvalue weighted by Gasteiger charge is -2.11. The molecule has 0 amide bonds. The summed E-state index contributed by atoms with van der Waals surface area (Å²) in [6.07, 6.45) is 10.9. The molecule has 0 aliphatic heterocycles. The maximum atomic E-state index is 11.7. The molecule has 0 unspecified atom stereocenters. The Morgan fingerprint density at radius 1 is 0.315 bits per heavy atom. The van der Waals surface area contributed by atoms with E-state index in [4.69, 9.17) is 31.1 Å². The van der Waals surface area contributed by atoms with Crippen LogP contribution in [-0.2, 0) is 0 Å². The summed E-state index contributed by atoms with van der Waals surface area (Å²) in [5.41, 5.74) is 33.2. The van der Waals surface area contributed by atoms with Crippen LogP contribution in [0.25, 0.3) is 168 Å². The number of benzene rings is 15. The predicted octanol–water partition coefficient (Wildman–Crippen LogP) is 32.5. The standard InChI is InChI=1S/C45H30N4.C24H17N.C21H14BrN3.C14H10BrNO.C7H5BrO.C7H8N2.C7H7NO.CH4.B.ClH/c1-4-12-31(13-5-1)35-21-25-43-38(28-35)39-29-36(32-14-6-2-7-15-32)22-26-44(39)49(43)37-23-19-33(20-24-37)41-30-42(40-18-10-11-27-46-40)48-45(47-41)34-16-8-3-9-17-34;1-3-7-17(8-4-1)19-11-13-23-21(15-19)22-16-20(12-14-24(22)25-23)18-9-5-2-6-10-18;22-17-11-9-15(10-12-17)19-14-20(18-8-4-5-13-23-18)25-21(24-19)16-6-2-1-3-7-16;15-12-7-4-11(5-8-12)6-9-14(17)13-3-1-2-10-16-13;8-7-3-1-6(5-9)2-4-7;8-7(9)6-4-2-1-3-5-6;1-6(9)7-4-2-3-5-8-7;;;/h1-30H;1-16,25H;1-14H;1-10H;1-5H;1-5H,(H3,8,9);2-5H,1H3;1H4;;1H/b;;;9-6+;;;;;;. The molecule has 0 aliphatic rings. The summed E-state index contributed by atoms with van der Waals surface area (Å²) in [6.45, 7) is 1.50. The van der Waals surface area contributed by atoms with Gasteiger partial charge in [0, 0.05) is 125 Å². The molecule has 709 valence electrons. The number of aromatic nitrogens is 10. The third-order valence-corrected chi connectivity index (χ3v) is 24.6. The largest absolute Gasteiger partial charge is 0.384 e. The number of hydrogen-bond acceptors (Lipinski definition) is 12. The highest BCUT2D eigenvalue weighted by molar-refractivity contribution is 9.11. The van der Waals surface area contributed by atoms with Gasteiger partial charge in [-0.05, 0) is 214 Å². The predicted molar refractivity (Wildman–Crippen MR) is 615 cm³/mol. The molecule has 0 saturated carbocycles. The number of nitrogens with two attached hydrogens (primary N) is 1. The van der Waals surface area contributed by atoms with E-state index < -0.39 is 0 Å². The number of rotatable bonds is 17. The van der Waals surface area contributed by atoms with Crippen LogP contribution >= 0.6 is 60.2 Å². The monoisotopic (exact) mass is 2110 g/mol. The van der Waals surface area contributed by atoms with Gasteiger partial charge in [-0.15, -0.1) is 12.4 Å². The minimum absolute atomic E-state index is 0. The Labute approximate surface area is 881 Å². The van der Waals surface area contributed by atoms with Crippen molar-refractivity contribution in [1.82, 2.24) is 49.4 Å². The van der Waals surface area contributed by atoms with E-state index >= 15 is 0 Å². The zero-order valence-corrected chi connectivity index (χ0v) is 84.0. The summed E-state index contributed by atoms with van der Waals surface area (Å²) < 4.78 is 5.42. The van der Waals surface area contributed by atoms with Crippen molar-refractivity contribution in [2.45, 2.75) is 14.4 Å². The topological polar surface area (TPSA) is 225 Å². The molecule has 146 heavy (non-hydrogen) atoms. The lowest BCUT2D eigenvalue weighted by atomic mass is 10.0. The first-order valence-electron chi connectivity index (χ1n) is 46.0. The zero-order chi connectivity index (χ0) is 98.4. The molecule has 15 nitrogen and oxygen atoms in total. The smallest absolute Gasteiger partial charge is 0.204 e. The van der Waals surface area contributed by atoms with Gasteiger partial charge in [0.25, 0.3) is 0 Å². The molecule has 0 saturated heterocycles. The number of nitrogens with one attached hydrogen (secondary N) is 2. The van der Waals surface area contributed by atoms with Crippen LogP contribution in [0.1, 0.15) is 56.8 Å². The third-order valence-electron chi connectivity index (χ3n) is 23.1. The molecular formula is C126H96BBr3ClN12O3. The zero-order valence-electron chi connectivity index (χ0n) is 78.4. The van der Waals surface area contributed by atoms with Gasteiger partial charge in [-0.3, -0.25) is 39.7 Å². The second kappa shape index (κ2) is 51.9. The van der Waals surface area contributed by atoms with Gasteiger partial charge >= 0.3 is 0 Å². The lowest BCUT2D eigenvalue weighted by molar-refractivity contribution is 0.101. The van der Waals surface area contributed by atoms with E-state index in [2.05, 4.69) is 296 Å². The minimum atomic E-state index is -0.0893. The fourth-order valence-corrected chi connectivity index (χ4v) is 16.6. The molecule has 0 aliphatic carbocycles. The lowest BCUT2D eigenvalue weighted by Crippen LogP contribution is -2.10. The van der Waals surface area contributed by atoms with Gasteiger partial charge in [-0.25, -0.2) is 19.9 Å². The molecule has 8 heterocycles. The second-order valence-electron chi connectivity index (χ2n) is 32.7. The number of carbonyl (C=O) groups is 3. The normalized spacial score (nSPS) is 10.4. The first kappa shape index (κ1) is 105. The number of nitrogen functional groups attached to an aromatic ring is 1. The number of Topliss-reactive ketones (excluding diaryl/α,β-unsaturated/α-hetero) is 1. The number of nitrogens with zero attached hydrogens (tertiary/aromatic N) is 9. The van der Waals surface area contributed by atoms with E-state index in [-0.39, 0.29) is 45.6 Å². The fraction of sp³-hybridized carbons (Fsp3) is 0.0159. The van der Waals surface area contributed by atoms with Crippen LogP contribution in [0, 0.1) is 5.41 Å². The molecule has 4 N–H and O–H groups in total. The Bertz CT molecular complexity index is 7900. The van der Waals surface area contributed by atoms with Gasteiger partial charge in [-0.1, -0.05) is 371 Å². The molecule has 23 rings (SSSR count).